The lowest BCUT2D eigenvalue weighted by atomic mass is 9.80. The van der Waals surface area contributed by atoms with Gasteiger partial charge in [-0.25, -0.2) is 14.6 Å². The average molecular weight is 543 g/mol. The number of benzene rings is 1. The molecule has 7 nitrogen and oxygen atoms in total. The van der Waals surface area contributed by atoms with Crippen molar-refractivity contribution in [3.05, 3.63) is 45.7 Å². The van der Waals surface area contributed by atoms with Gasteiger partial charge in [-0.05, 0) is 55.8 Å². The highest BCUT2D eigenvalue weighted by Crippen LogP contribution is 2.38. The van der Waals surface area contributed by atoms with E-state index < -0.39 is 17.9 Å². The van der Waals surface area contributed by atoms with E-state index >= 15 is 0 Å². The van der Waals surface area contributed by atoms with Crippen LogP contribution in [0.5, 0.6) is 0 Å². The van der Waals surface area contributed by atoms with Crippen LogP contribution < -0.4 is 4.90 Å². The molecule has 12 heteroatoms. The first-order valence-corrected chi connectivity index (χ1v) is 12.8. The van der Waals surface area contributed by atoms with E-state index in [9.17, 15) is 18.3 Å². The predicted octanol–water partition coefficient (Wildman–Crippen LogP) is 4.90. The number of aliphatic hydroxyl groups excluding tert-OH is 1. The standard InChI is InChI=1S/C24H27Cl2F3N6O/c1-14(18-5-4-17(25)9-19(18)26)35-23-21(22(32-35)24(27,28)29)30-10-20(31-23)34-12-16(13-34)15-3-2-6-33(11-15)7-8-36/h4-5,9-10,14-16,36H,2-3,6-8,11-13H2,1H3/t14?,15-/m0/s1. The van der Waals surface area contributed by atoms with Gasteiger partial charge < -0.3 is 14.9 Å². The number of piperidine rings is 1. The Balaban J connectivity index is 1.42. The molecule has 2 aromatic heterocycles. The fourth-order valence-electron chi connectivity index (χ4n) is 5.30. The summed E-state index contributed by atoms with van der Waals surface area (Å²) in [7, 11) is 0. The molecule has 0 spiro atoms. The Labute approximate surface area is 216 Å². The van der Waals surface area contributed by atoms with Crippen LogP contribution in [0.2, 0.25) is 10.0 Å². The van der Waals surface area contributed by atoms with Crippen LogP contribution in [0.15, 0.2) is 24.4 Å². The molecule has 4 heterocycles. The van der Waals surface area contributed by atoms with E-state index in [1.165, 1.54) is 10.9 Å². The minimum atomic E-state index is -4.67. The Morgan fingerprint density at radius 3 is 2.64 bits per heavy atom. The zero-order chi connectivity index (χ0) is 25.6. The van der Waals surface area contributed by atoms with Gasteiger partial charge in [-0.3, -0.25) is 0 Å². The quantitative estimate of drug-likeness (QED) is 0.477. The number of β-amino-alcohol motifs (C(OH)–C–C–N with tert-alkyl or cyclic N) is 1. The number of aromatic nitrogens is 4. The van der Waals surface area contributed by atoms with Crippen molar-refractivity contribution < 1.29 is 18.3 Å². The van der Waals surface area contributed by atoms with Crippen molar-refractivity contribution >= 4 is 40.2 Å². The van der Waals surface area contributed by atoms with Crippen molar-refractivity contribution in [1.82, 2.24) is 24.6 Å². The molecule has 5 rings (SSSR count). The zero-order valence-electron chi connectivity index (χ0n) is 19.7. The molecule has 2 atom stereocenters. The van der Waals surface area contributed by atoms with Gasteiger partial charge in [0, 0.05) is 36.2 Å². The maximum atomic E-state index is 13.8. The molecule has 0 bridgehead atoms. The Bertz CT molecular complexity index is 1240. The second-order valence-electron chi connectivity index (χ2n) is 9.62. The Morgan fingerprint density at radius 1 is 1.17 bits per heavy atom. The molecule has 0 saturated carbocycles. The third-order valence-electron chi connectivity index (χ3n) is 7.30. The van der Waals surface area contributed by atoms with Crippen molar-refractivity contribution in [2.45, 2.75) is 32.0 Å². The number of halogens is 5. The van der Waals surface area contributed by atoms with Gasteiger partial charge in [0.05, 0.1) is 18.8 Å². The monoisotopic (exact) mass is 542 g/mol. The van der Waals surface area contributed by atoms with E-state index in [1.54, 1.807) is 25.1 Å². The molecule has 3 aromatic rings. The normalized spacial score (nSPS) is 20.6. The molecule has 1 N–H and O–H groups in total. The van der Waals surface area contributed by atoms with Crippen LogP contribution in [-0.2, 0) is 6.18 Å². The Hall–Kier alpha value is -2.14. The van der Waals surface area contributed by atoms with Crippen molar-refractivity contribution in [3.8, 4) is 0 Å². The SMILES string of the molecule is CC(c1ccc(Cl)cc1Cl)n1nc(C(F)(F)F)c2ncc(N3CC([C@H]4CCCN(CCO)C4)C3)nc21. The van der Waals surface area contributed by atoms with Crippen LogP contribution in [0.4, 0.5) is 19.0 Å². The number of likely N-dealkylation sites (tertiary alicyclic amines) is 1. The number of alkyl halides is 3. The summed E-state index contributed by atoms with van der Waals surface area (Å²) in [4.78, 5) is 13.1. The molecular weight excluding hydrogens is 516 g/mol. The maximum Gasteiger partial charge on any atom is 0.437 e. The topological polar surface area (TPSA) is 70.3 Å². The van der Waals surface area contributed by atoms with Crippen LogP contribution in [0.25, 0.3) is 11.2 Å². The number of anilines is 1. The smallest absolute Gasteiger partial charge is 0.395 e. The first kappa shape index (κ1) is 25.5. The van der Waals surface area contributed by atoms with Crippen molar-refractivity contribution in [2.75, 3.05) is 44.2 Å². The minimum absolute atomic E-state index is 0.0635. The first-order chi connectivity index (χ1) is 17.2. The number of nitrogens with zero attached hydrogens (tertiary/aromatic N) is 6. The van der Waals surface area contributed by atoms with Gasteiger partial charge in [0.1, 0.15) is 11.3 Å². The number of hydrogen-bond donors (Lipinski definition) is 1. The van der Waals surface area contributed by atoms with Crippen molar-refractivity contribution in [3.63, 3.8) is 0 Å². The number of hydrogen-bond acceptors (Lipinski definition) is 6. The van der Waals surface area contributed by atoms with Crippen LogP contribution >= 0.6 is 23.2 Å². The minimum Gasteiger partial charge on any atom is -0.395 e. The van der Waals surface area contributed by atoms with E-state index in [1.807, 2.05) is 4.90 Å². The Kier molecular flexibility index (Phi) is 7.06. The number of fused-ring (bicyclic) bond motifs is 1. The lowest BCUT2D eigenvalue weighted by Gasteiger charge is -2.47. The first-order valence-electron chi connectivity index (χ1n) is 12.0. The molecular formula is C24H27Cl2F3N6O. The molecule has 194 valence electrons. The van der Waals surface area contributed by atoms with Gasteiger partial charge in [0.15, 0.2) is 11.3 Å². The molecule has 2 saturated heterocycles. The van der Waals surface area contributed by atoms with Gasteiger partial charge >= 0.3 is 6.18 Å². The summed E-state index contributed by atoms with van der Waals surface area (Å²) in [6.07, 6.45) is -1.02. The summed E-state index contributed by atoms with van der Waals surface area (Å²) >= 11 is 12.3. The van der Waals surface area contributed by atoms with E-state index in [0.717, 1.165) is 39.0 Å². The van der Waals surface area contributed by atoms with Crippen LogP contribution in [0, 0.1) is 11.8 Å². The summed E-state index contributed by atoms with van der Waals surface area (Å²) in [6, 6.07) is 4.24. The largest absolute Gasteiger partial charge is 0.437 e. The van der Waals surface area contributed by atoms with Gasteiger partial charge in [0.2, 0.25) is 0 Å². The molecule has 2 aliphatic heterocycles. The molecule has 2 fully saturated rings. The van der Waals surface area contributed by atoms with E-state index in [4.69, 9.17) is 23.2 Å². The molecule has 1 aromatic carbocycles. The van der Waals surface area contributed by atoms with Crippen LogP contribution in [0.1, 0.15) is 37.1 Å². The van der Waals surface area contributed by atoms with E-state index in [2.05, 4.69) is 20.0 Å². The molecule has 0 amide bonds. The summed E-state index contributed by atoms with van der Waals surface area (Å²) in [5.74, 6) is 1.55. The average Bonchev–Trinajstić information content (AvgIpc) is 3.18. The fourth-order valence-corrected chi connectivity index (χ4v) is 5.87. The Morgan fingerprint density at radius 2 is 1.94 bits per heavy atom. The summed E-state index contributed by atoms with van der Waals surface area (Å²) < 4.78 is 42.6. The second-order valence-corrected chi connectivity index (χ2v) is 10.5. The van der Waals surface area contributed by atoms with Crippen molar-refractivity contribution in [1.29, 1.82) is 0 Å². The predicted molar refractivity (Wildman–Crippen MR) is 133 cm³/mol. The second kappa shape index (κ2) is 9.96. The molecule has 0 radical (unpaired) electrons. The third kappa shape index (κ3) is 4.88. The van der Waals surface area contributed by atoms with Gasteiger partial charge in [-0.2, -0.15) is 18.3 Å². The highest BCUT2D eigenvalue weighted by Gasteiger charge is 2.40. The number of rotatable bonds is 6. The number of aliphatic hydroxyl groups is 1. The van der Waals surface area contributed by atoms with Gasteiger partial charge in [-0.15, -0.1) is 0 Å². The molecule has 1 unspecified atom stereocenters. The van der Waals surface area contributed by atoms with E-state index in [0.29, 0.717) is 39.8 Å². The van der Waals surface area contributed by atoms with E-state index in [-0.39, 0.29) is 17.8 Å². The van der Waals surface area contributed by atoms with Gasteiger partial charge in [0.25, 0.3) is 0 Å². The van der Waals surface area contributed by atoms with Gasteiger partial charge in [-0.1, -0.05) is 29.3 Å². The summed E-state index contributed by atoms with van der Waals surface area (Å²) in [5, 5.41) is 13.9. The highest BCUT2D eigenvalue weighted by molar-refractivity contribution is 6.35. The van der Waals surface area contributed by atoms with Crippen molar-refractivity contribution in [2.24, 2.45) is 11.8 Å². The maximum absolute atomic E-state index is 13.8. The zero-order valence-corrected chi connectivity index (χ0v) is 21.2. The molecule has 0 aliphatic carbocycles. The highest BCUT2D eigenvalue weighted by atomic mass is 35.5. The lowest BCUT2D eigenvalue weighted by Crippen LogP contribution is -2.54. The lowest BCUT2D eigenvalue weighted by molar-refractivity contribution is -0.140. The molecule has 2 aliphatic rings. The third-order valence-corrected chi connectivity index (χ3v) is 7.86. The molecule has 36 heavy (non-hydrogen) atoms. The fraction of sp³-hybridized carbons (Fsp3) is 0.542. The van der Waals surface area contributed by atoms with Crippen LogP contribution in [0.3, 0.4) is 0 Å². The van der Waals surface area contributed by atoms with Crippen LogP contribution in [-0.4, -0.2) is 69.1 Å². The summed E-state index contributed by atoms with van der Waals surface area (Å²) in [5.41, 5.74) is -0.706. The summed E-state index contributed by atoms with van der Waals surface area (Å²) in [6.45, 7) is 6.09.